The van der Waals surface area contributed by atoms with E-state index in [4.69, 9.17) is 28.9 Å². The number of amides is 1. The van der Waals surface area contributed by atoms with Gasteiger partial charge < -0.3 is 10.6 Å². The highest BCUT2D eigenvalue weighted by molar-refractivity contribution is 6.42. The molecular weight excluding hydrogens is 319 g/mol. The minimum absolute atomic E-state index is 0. The van der Waals surface area contributed by atoms with Gasteiger partial charge in [0.15, 0.2) is 0 Å². The zero-order valence-corrected chi connectivity index (χ0v) is 14.3. The Labute approximate surface area is 136 Å². The van der Waals surface area contributed by atoms with Gasteiger partial charge in [-0.05, 0) is 38.5 Å². The van der Waals surface area contributed by atoms with Crippen LogP contribution in [0, 0.1) is 5.41 Å². The number of carbonyl (C=O) groups excluding carboxylic acids is 1. The fourth-order valence-electron chi connectivity index (χ4n) is 1.70. The van der Waals surface area contributed by atoms with Gasteiger partial charge in [0.2, 0.25) is 5.91 Å². The molecule has 20 heavy (non-hydrogen) atoms. The zero-order valence-electron chi connectivity index (χ0n) is 12.0. The monoisotopic (exact) mass is 338 g/mol. The van der Waals surface area contributed by atoms with Crippen LogP contribution in [-0.2, 0) is 11.3 Å². The molecule has 6 heteroatoms. The number of hydrogen-bond donors (Lipinski definition) is 1. The van der Waals surface area contributed by atoms with E-state index in [0.29, 0.717) is 29.7 Å². The smallest absolute Gasteiger partial charge is 0.229 e. The minimum Gasteiger partial charge on any atom is -0.338 e. The zero-order chi connectivity index (χ0) is 14.6. The van der Waals surface area contributed by atoms with Crippen molar-refractivity contribution in [1.29, 1.82) is 0 Å². The molecule has 0 fully saturated rings. The molecule has 0 atom stereocenters. The van der Waals surface area contributed by atoms with Gasteiger partial charge in [0.1, 0.15) is 0 Å². The molecule has 1 amide bonds. The van der Waals surface area contributed by atoms with E-state index in [1.807, 2.05) is 26.8 Å². The van der Waals surface area contributed by atoms with E-state index in [1.165, 1.54) is 0 Å². The summed E-state index contributed by atoms with van der Waals surface area (Å²) in [4.78, 5) is 14.1. The van der Waals surface area contributed by atoms with Crippen molar-refractivity contribution in [3.05, 3.63) is 33.8 Å². The summed E-state index contributed by atoms with van der Waals surface area (Å²) in [5.41, 5.74) is 6.06. The van der Waals surface area contributed by atoms with Gasteiger partial charge in [-0.2, -0.15) is 0 Å². The average Bonchev–Trinajstić information content (AvgIpc) is 2.39. The fourth-order valence-corrected chi connectivity index (χ4v) is 2.02. The standard InChI is InChI=1S/C14H20Cl2N2O.ClH/c1-4-18(13(19)14(2,3)9-17)8-10-5-6-11(15)12(16)7-10;/h5-7H,4,8-9,17H2,1-3H3;1H. The molecular formula is C14H21Cl3N2O. The molecule has 1 aromatic carbocycles. The first-order chi connectivity index (χ1) is 8.81. The summed E-state index contributed by atoms with van der Waals surface area (Å²) < 4.78 is 0. The lowest BCUT2D eigenvalue weighted by Gasteiger charge is -2.30. The third kappa shape index (κ3) is 4.81. The van der Waals surface area contributed by atoms with E-state index >= 15 is 0 Å². The topological polar surface area (TPSA) is 46.3 Å². The summed E-state index contributed by atoms with van der Waals surface area (Å²) in [6.07, 6.45) is 0. The maximum absolute atomic E-state index is 12.4. The number of benzene rings is 1. The lowest BCUT2D eigenvalue weighted by molar-refractivity contribution is -0.140. The number of nitrogens with zero attached hydrogens (tertiary/aromatic N) is 1. The van der Waals surface area contributed by atoms with Gasteiger partial charge in [-0.1, -0.05) is 29.3 Å². The number of nitrogens with two attached hydrogens (primary N) is 1. The SMILES string of the molecule is CCN(Cc1ccc(Cl)c(Cl)c1)C(=O)C(C)(C)CN.Cl. The van der Waals surface area contributed by atoms with Crippen LogP contribution in [-0.4, -0.2) is 23.9 Å². The Morgan fingerprint density at radius 3 is 2.35 bits per heavy atom. The third-order valence-electron chi connectivity index (χ3n) is 3.12. The van der Waals surface area contributed by atoms with Gasteiger partial charge >= 0.3 is 0 Å². The second kappa shape index (κ2) is 8.08. The Morgan fingerprint density at radius 1 is 1.30 bits per heavy atom. The second-order valence-electron chi connectivity index (χ2n) is 5.16. The summed E-state index contributed by atoms with van der Waals surface area (Å²) in [6.45, 7) is 7.11. The first kappa shape index (κ1) is 19.5. The predicted molar refractivity (Wildman–Crippen MR) is 87.6 cm³/mol. The van der Waals surface area contributed by atoms with E-state index < -0.39 is 5.41 Å². The number of halogens is 3. The van der Waals surface area contributed by atoms with Crippen LogP contribution in [0.5, 0.6) is 0 Å². The Kier molecular flexibility index (Phi) is 7.89. The van der Waals surface area contributed by atoms with Gasteiger partial charge in [0.25, 0.3) is 0 Å². The average molecular weight is 340 g/mol. The van der Waals surface area contributed by atoms with Crippen molar-refractivity contribution in [2.45, 2.75) is 27.3 Å². The molecule has 0 unspecified atom stereocenters. The van der Waals surface area contributed by atoms with Crippen molar-refractivity contribution in [2.75, 3.05) is 13.1 Å². The Morgan fingerprint density at radius 2 is 1.90 bits per heavy atom. The van der Waals surface area contributed by atoms with E-state index in [1.54, 1.807) is 17.0 Å². The number of carbonyl (C=O) groups is 1. The number of hydrogen-bond acceptors (Lipinski definition) is 2. The van der Waals surface area contributed by atoms with Gasteiger partial charge in [-0.15, -0.1) is 12.4 Å². The lowest BCUT2D eigenvalue weighted by Crippen LogP contribution is -2.44. The van der Waals surface area contributed by atoms with E-state index in [0.717, 1.165) is 5.56 Å². The molecule has 0 aromatic heterocycles. The minimum atomic E-state index is -0.549. The first-order valence-corrected chi connectivity index (χ1v) is 7.00. The maximum atomic E-state index is 12.4. The Bertz CT molecular complexity index is 464. The largest absolute Gasteiger partial charge is 0.338 e. The molecule has 0 aliphatic heterocycles. The molecule has 1 rings (SSSR count). The molecule has 3 nitrogen and oxygen atoms in total. The normalized spacial score (nSPS) is 10.9. The molecule has 1 aromatic rings. The van der Waals surface area contributed by atoms with Gasteiger partial charge in [-0.3, -0.25) is 4.79 Å². The van der Waals surface area contributed by atoms with Crippen molar-refractivity contribution in [3.63, 3.8) is 0 Å². The van der Waals surface area contributed by atoms with Crippen molar-refractivity contribution >= 4 is 41.5 Å². The third-order valence-corrected chi connectivity index (χ3v) is 3.85. The maximum Gasteiger partial charge on any atom is 0.229 e. The Hall–Kier alpha value is -0.480. The summed E-state index contributed by atoms with van der Waals surface area (Å²) in [5.74, 6) is 0.0450. The molecule has 0 saturated heterocycles. The molecule has 2 N–H and O–H groups in total. The quantitative estimate of drug-likeness (QED) is 0.888. The van der Waals surface area contributed by atoms with Crippen LogP contribution < -0.4 is 5.73 Å². The highest BCUT2D eigenvalue weighted by Gasteiger charge is 2.29. The van der Waals surface area contributed by atoms with E-state index in [2.05, 4.69) is 0 Å². The van der Waals surface area contributed by atoms with Crippen LogP contribution in [0.15, 0.2) is 18.2 Å². The summed E-state index contributed by atoms with van der Waals surface area (Å²) in [5, 5.41) is 1.02. The van der Waals surface area contributed by atoms with Crippen molar-refractivity contribution in [1.82, 2.24) is 4.90 Å². The van der Waals surface area contributed by atoms with Crippen LogP contribution >= 0.6 is 35.6 Å². The molecule has 0 radical (unpaired) electrons. The van der Waals surface area contributed by atoms with Crippen LogP contribution in [0.3, 0.4) is 0 Å². The van der Waals surface area contributed by atoms with Crippen molar-refractivity contribution in [3.8, 4) is 0 Å². The van der Waals surface area contributed by atoms with Gasteiger partial charge in [0, 0.05) is 19.6 Å². The first-order valence-electron chi connectivity index (χ1n) is 6.25. The summed E-state index contributed by atoms with van der Waals surface area (Å²) in [7, 11) is 0. The van der Waals surface area contributed by atoms with Gasteiger partial charge in [0.05, 0.1) is 15.5 Å². The second-order valence-corrected chi connectivity index (χ2v) is 5.97. The molecule has 0 aliphatic carbocycles. The van der Waals surface area contributed by atoms with E-state index in [9.17, 15) is 4.79 Å². The molecule has 0 spiro atoms. The van der Waals surface area contributed by atoms with Crippen LogP contribution in [0.1, 0.15) is 26.3 Å². The predicted octanol–water partition coefficient (Wildman–Crippen LogP) is 3.75. The van der Waals surface area contributed by atoms with Crippen LogP contribution in [0.25, 0.3) is 0 Å². The van der Waals surface area contributed by atoms with E-state index in [-0.39, 0.29) is 18.3 Å². The lowest BCUT2D eigenvalue weighted by atomic mass is 9.91. The summed E-state index contributed by atoms with van der Waals surface area (Å²) >= 11 is 11.9. The number of rotatable bonds is 5. The Balaban J connectivity index is 0.00000361. The van der Waals surface area contributed by atoms with Crippen LogP contribution in [0.4, 0.5) is 0 Å². The molecule has 0 heterocycles. The fraction of sp³-hybridized carbons (Fsp3) is 0.500. The highest BCUT2D eigenvalue weighted by Crippen LogP contribution is 2.24. The highest BCUT2D eigenvalue weighted by atomic mass is 35.5. The molecule has 0 bridgehead atoms. The molecule has 0 saturated carbocycles. The molecule has 0 aliphatic rings. The van der Waals surface area contributed by atoms with Crippen LogP contribution in [0.2, 0.25) is 10.0 Å². The van der Waals surface area contributed by atoms with Crippen molar-refractivity contribution in [2.24, 2.45) is 11.1 Å². The van der Waals surface area contributed by atoms with Crippen molar-refractivity contribution < 1.29 is 4.79 Å². The summed E-state index contributed by atoms with van der Waals surface area (Å²) in [6, 6.07) is 5.40. The van der Waals surface area contributed by atoms with Gasteiger partial charge in [-0.25, -0.2) is 0 Å². The molecule has 114 valence electrons.